The molecule has 1 aromatic carbocycles. The van der Waals surface area contributed by atoms with Gasteiger partial charge in [-0.15, -0.1) is 0 Å². The van der Waals surface area contributed by atoms with Crippen molar-refractivity contribution in [3.05, 3.63) is 46.8 Å². The van der Waals surface area contributed by atoms with Crippen LogP contribution in [-0.4, -0.2) is 34.0 Å². The van der Waals surface area contributed by atoms with Crippen molar-refractivity contribution in [3.63, 3.8) is 0 Å². The number of carbonyl (C=O) groups is 2. The van der Waals surface area contributed by atoms with Crippen molar-refractivity contribution >= 4 is 29.1 Å². The highest BCUT2D eigenvalue weighted by atomic mass is 32.2. The van der Waals surface area contributed by atoms with Crippen LogP contribution in [0.25, 0.3) is 0 Å². The van der Waals surface area contributed by atoms with Crippen molar-refractivity contribution in [2.45, 2.75) is 38.8 Å². The summed E-state index contributed by atoms with van der Waals surface area (Å²) in [5.74, 6) is 0.477. The van der Waals surface area contributed by atoms with Crippen LogP contribution in [0.5, 0.6) is 0 Å². The highest BCUT2D eigenvalue weighted by Gasteiger charge is 2.21. The molecular weight excluding hydrogens is 334 g/mol. The molecule has 0 aliphatic carbocycles. The van der Waals surface area contributed by atoms with Gasteiger partial charge in [0.05, 0.1) is 5.75 Å². The summed E-state index contributed by atoms with van der Waals surface area (Å²) < 4.78 is 0. The minimum atomic E-state index is 0.0313. The lowest BCUT2D eigenvalue weighted by Gasteiger charge is -2.15. The third kappa shape index (κ3) is 3.90. The molecular formula is C19H21N3O2S. The highest BCUT2D eigenvalue weighted by molar-refractivity contribution is 7.99. The molecule has 5 nitrogen and oxygen atoms in total. The molecule has 1 aliphatic rings. The van der Waals surface area contributed by atoms with Crippen LogP contribution in [-0.2, 0) is 4.79 Å². The zero-order valence-electron chi connectivity index (χ0n) is 14.7. The van der Waals surface area contributed by atoms with Crippen LogP contribution in [0.1, 0.15) is 40.2 Å². The Bertz CT molecular complexity index is 795. The first-order chi connectivity index (χ1) is 12.0. The molecule has 2 aromatic rings. The molecule has 0 spiro atoms. The standard InChI is InChI=1S/C19H21N3O2S/c1-12-13(2)20-19(21-14(12)3)25-11-17(23)15-6-8-16(9-7-15)22-10-4-5-18(22)24/h6-9H,4-5,10-11H2,1-3H3. The predicted molar refractivity (Wildman–Crippen MR) is 99.3 cm³/mol. The predicted octanol–water partition coefficient (Wildman–Crippen LogP) is 3.50. The Kier molecular flexibility index (Phi) is 5.18. The molecule has 0 saturated carbocycles. The Morgan fingerprint density at radius 1 is 1.12 bits per heavy atom. The molecule has 1 aromatic heterocycles. The van der Waals surface area contributed by atoms with Crippen LogP contribution in [0.2, 0.25) is 0 Å². The number of amides is 1. The summed E-state index contributed by atoms with van der Waals surface area (Å²) >= 11 is 1.35. The van der Waals surface area contributed by atoms with Crippen molar-refractivity contribution in [1.29, 1.82) is 0 Å². The smallest absolute Gasteiger partial charge is 0.227 e. The van der Waals surface area contributed by atoms with Crippen molar-refractivity contribution < 1.29 is 9.59 Å². The van der Waals surface area contributed by atoms with Crippen LogP contribution in [0.15, 0.2) is 29.4 Å². The van der Waals surface area contributed by atoms with E-state index >= 15 is 0 Å². The Balaban J connectivity index is 1.64. The second-order valence-electron chi connectivity index (χ2n) is 6.21. The van der Waals surface area contributed by atoms with Gasteiger partial charge in [0.15, 0.2) is 10.9 Å². The molecule has 1 amide bonds. The number of nitrogens with zero attached hydrogens (tertiary/aromatic N) is 3. The van der Waals surface area contributed by atoms with Gasteiger partial charge >= 0.3 is 0 Å². The number of Topliss-reactive ketones (excluding diaryl/α,β-unsaturated/α-hetero) is 1. The second-order valence-corrected chi connectivity index (χ2v) is 7.15. The number of ketones is 1. The number of benzene rings is 1. The number of hydrogen-bond acceptors (Lipinski definition) is 5. The highest BCUT2D eigenvalue weighted by Crippen LogP contribution is 2.23. The van der Waals surface area contributed by atoms with E-state index in [1.807, 2.05) is 32.9 Å². The lowest BCUT2D eigenvalue weighted by Crippen LogP contribution is -2.23. The van der Waals surface area contributed by atoms with E-state index < -0.39 is 0 Å². The van der Waals surface area contributed by atoms with Crippen LogP contribution < -0.4 is 4.90 Å². The molecule has 130 valence electrons. The summed E-state index contributed by atoms with van der Waals surface area (Å²) in [6.07, 6.45) is 1.50. The second kappa shape index (κ2) is 7.35. The number of aromatic nitrogens is 2. The Labute approximate surface area is 151 Å². The average molecular weight is 355 g/mol. The quantitative estimate of drug-likeness (QED) is 0.467. The molecule has 1 fully saturated rings. The van der Waals surface area contributed by atoms with Gasteiger partial charge in [-0.1, -0.05) is 11.8 Å². The molecule has 1 saturated heterocycles. The third-order valence-corrected chi connectivity index (χ3v) is 5.37. The topological polar surface area (TPSA) is 63.2 Å². The molecule has 0 radical (unpaired) electrons. The maximum atomic E-state index is 12.4. The molecule has 0 N–H and O–H groups in total. The fourth-order valence-electron chi connectivity index (χ4n) is 2.77. The zero-order valence-corrected chi connectivity index (χ0v) is 15.5. The lowest BCUT2D eigenvalue weighted by atomic mass is 10.1. The molecule has 3 rings (SSSR count). The van der Waals surface area contributed by atoms with E-state index in [0.29, 0.717) is 22.9 Å². The first kappa shape index (κ1) is 17.6. The largest absolute Gasteiger partial charge is 0.312 e. The van der Waals surface area contributed by atoms with Gasteiger partial charge in [0, 0.05) is 35.6 Å². The summed E-state index contributed by atoms with van der Waals surface area (Å²) in [7, 11) is 0. The molecule has 6 heteroatoms. The molecule has 0 atom stereocenters. The van der Waals surface area contributed by atoms with E-state index in [0.717, 1.165) is 35.6 Å². The maximum absolute atomic E-state index is 12.4. The maximum Gasteiger partial charge on any atom is 0.227 e. The van der Waals surface area contributed by atoms with E-state index in [1.54, 1.807) is 17.0 Å². The van der Waals surface area contributed by atoms with Gasteiger partial charge in [-0.3, -0.25) is 9.59 Å². The summed E-state index contributed by atoms with van der Waals surface area (Å²) in [6, 6.07) is 7.27. The number of anilines is 1. The number of aryl methyl sites for hydroxylation is 2. The van der Waals surface area contributed by atoms with Crippen LogP contribution in [0.3, 0.4) is 0 Å². The van der Waals surface area contributed by atoms with E-state index in [-0.39, 0.29) is 11.7 Å². The molecule has 0 unspecified atom stereocenters. The van der Waals surface area contributed by atoms with E-state index in [1.165, 1.54) is 11.8 Å². The first-order valence-corrected chi connectivity index (χ1v) is 9.32. The molecule has 2 heterocycles. The number of carbonyl (C=O) groups excluding carboxylic acids is 2. The number of thioether (sulfide) groups is 1. The molecule has 1 aliphatic heterocycles. The van der Waals surface area contributed by atoms with Crippen LogP contribution in [0.4, 0.5) is 5.69 Å². The lowest BCUT2D eigenvalue weighted by molar-refractivity contribution is -0.117. The zero-order chi connectivity index (χ0) is 18.0. The Morgan fingerprint density at radius 3 is 2.32 bits per heavy atom. The van der Waals surface area contributed by atoms with Gasteiger partial charge in [0.1, 0.15) is 0 Å². The van der Waals surface area contributed by atoms with E-state index in [9.17, 15) is 9.59 Å². The monoisotopic (exact) mass is 355 g/mol. The van der Waals surface area contributed by atoms with Crippen LogP contribution >= 0.6 is 11.8 Å². The van der Waals surface area contributed by atoms with Gasteiger partial charge in [-0.05, 0) is 57.0 Å². The number of hydrogen-bond donors (Lipinski definition) is 0. The van der Waals surface area contributed by atoms with Gasteiger partial charge in [0.25, 0.3) is 0 Å². The van der Waals surface area contributed by atoms with Crippen LogP contribution in [0, 0.1) is 20.8 Å². The van der Waals surface area contributed by atoms with Gasteiger partial charge < -0.3 is 4.90 Å². The fraction of sp³-hybridized carbons (Fsp3) is 0.368. The summed E-state index contributed by atoms with van der Waals surface area (Å²) in [5.41, 5.74) is 4.48. The molecule has 25 heavy (non-hydrogen) atoms. The summed E-state index contributed by atoms with van der Waals surface area (Å²) in [6.45, 7) is 6.66. The van der Waals surface area contributed by atoms with Gasteiger partial charge in [-0.25, -0.2) is 9.97 Å². The van der Waals surface area contributed by atoms with Crippen molar-refractivity contribution in [2.24, 2.45) is 0 Å². The summed E-state index contributed by atoms with van der Waals surface area (Å²) in [5, 5.41) is 0.633. The third-order valence-electron chi connectivity index (χ3n) is 4.52. The summed E-state index contributed by atoms with van der Waals surface area (Å²) in [4.78, 5) is 34.8. The average Bonchev–Trinajstić information content (AvgIpc) is 3.03. The van der Waals surface area contributed by atoms with Gasteiger partial charge in [-0.2, -0.15) is 0 Å². The Hall–Kier alpha value is -2.21. The minimum absolute atomic E-state index is 0.0313. The first-order valence-electron chi connectivity index (χ1n) is 8.34. The Morgan fingerprint density at radius 2 is 1.76 bits per heavy atom. The fourth-order valence-corrected chi connectivity index (χ4v) is 3.60. The van der Waals surface area contributed by atoms with Crippen molar-refractivity contribution in [1.82, 2.24) is 9.97 Å². The van der Waals surface area contributed by atoms with E-state index in [2.05, 4.69) is 9.97 Å². The minimum Gasteiger partial charge on any atom is -0.312 e. The van der Waals surface area contributed by atoms with Gasteiger partial charge in [0.2, 0.25) is 5.91 Å². The molecule has 0 bridgehead atoms. The number of rotatable bonds is 5. The SMILES string of the molecule is Cc1nc(SCC(=O)c2ccc(N3CCCC3=O)cc2)nc(C)c1C. The normalized spacial score (nSPS) is 14.2. The van der Waals surface area contributed by atoms with Crippen molar-refractivity contribution in [3.8, 4) is 0 Å². The van der Waals surface area contributed by atoms with E-state index in [4.69, 9.17) is 0 Å². The van der Waals surface area contributed by atoms with Crippen molar-refractivity contribution in [2.75, 3.05) is 17.2 Å².